The van der Waals surface area contributed by atoms with Gasteiger partial charge in [-0.1, -0.05) is 12.8 Å². The topological polar surface area (TPSA) is 71.1 Å². The van der Waals surface area contributed by atoms with Crippen LogP contribution >= 0.6 is 15.9 Å². The Hall–Kier alpha value is -0.660. The first-order valence-electron chi connectivity index (χ1n) is 6.36. The normalized spacial score (nSPS) is 16.7. The molecule has 0 radical (unpaired) electrons. The van der Waals surface area contributed by atoms with Gasteiger partial charge >= 0.3 is 0 Å². The van der Waals surface area contributed by atoms with Gasteiger partial charge in [-0.15, -0.1) is 0 Å². The zero-order valence-electron chi connectivity index (χ0n) is 10.8. The maximum atomic E-state index is 12.3. The van der Waals surface area contributed by atoms with E-state index in [1.54, 1.807) is 19.3 Å². The predicted molar refractivity (Wildman–Crippen MR) is 78.6 cm³/mol. The van der Waals surface area contributed by atoms with Crippen LogP contribution in [-0.2, 0) is 10.0 Å². The Morgan fingerprint density at radius 3 is 2.74 bits per heavy atom. The summed E-state index contributed by atoms with van der Waals surface area (Å²) in [5.74, 6) is 0.829. The molecule has 0 spiro atoms. The third-order valence-corrected chi connectivity index (χ3v) is 5.25. The van der Waals surface area contributed by atoms with Crippen LogP contribution in [0.15, 0.2) is 21.6 Å². The fourth-order valence-corrected chi connectivity index (χ4v) is 4.12. The Morgan fingerprint density at radius 2 is 2.11 bits per heavy atom. The molecule has 106 valence electrons. The van der Waals surface area contributed by atoms with Crippen LogP contribution in [0.1, 0.15) is 25.7 Å². The molecule has 1 aliphatic carbocycles. The second-order valence-electron chi connectivity index (χ2n) is 4.75. The van der Waals surface area contributed by atoms with Gasteiger partial charge in [0.2, 0.25) is 10.0 Å². The van der Waals surface area contributed by atoms with Crippen LogP contribution in [0.3, 0.4) is 0 Å². The van der Waals surface area contributed by atoms with Gasteiger partial charge < -0.3 is 5.32 Å². The van der Waals surface area contributed by atoms with E-state index in [9.17, 15) is 8.42 Å². The van der Waals surface area contributed by atoms with E-state index < -0.39 is 10.0 Å². The average molecular weight is 348 g/mol. The molecule has 1 heterocycles. The molecule has 2 N–H and O–H groups in total. The van der Waals surface area contributed by atoms with E-state index in [-0.39, 0.29) is 4.90 Å². The minimum atomic E-state index is -3.52. The van der Waals surface area contributed by atoms with Gasteiger partial charge in [0.25, 0.3) is 0 Å². The summed E-state index contributed by atoms with van der Waals surface area (Å²) in [6, 6.07) is 1.57. The van der Waals surface area contributed by atoms with E-state index >= 15 is 0 Å². The highest BCUT2D eigenvalue weighted by molar-refractivity contribution is 9.10. The Morgan fingerprint density at radius 1 is 1.42 bits per heavy atom. The Labute approximate surface area is 122 Å². The first-order valence-corrected chi connectivity index (χ1v) is 8.63. The van der Waals surface area contributed by atoms with Crippen molar-refractivity contribution in [3.8, 4) is 0 Å². The van der Waals surface area contributed by atoms with Crippen LogP contribution in [0.2, 0.25) is 0 Å². The second-order valence-corrected chi connectivity index (χ2v) is 7.40. The minimum absolute atomic E-state index is 0.183. The summed E-state index contributed by atoms with van der Waals surface area (Å²) in [6.45, 7) is 0.512. The maximum absolute atomic E-state index is 12.3. The standard InChI is InChI=1S/C12H18BrN3O2S/c1-14-12-11(6-10(13)8-15-12)19(17,18)16-7-9-4-2-3-5-9/h6,8-9,16H,2-5,7H2,1H3,(H,14,15). The largest absolute Gasteiger partial charge is 0.372 e. The maximum Gasteiger partial charge on any atom is 0.244 e. The van der Waals surface area contributed by atoms with Crippen molar-refractivity contribution in [2.75, 3.05) is 18.9 Å². The lowest BCUT2D eigenvalue weighted by molar-refractivity contribution is 0.519. The van der Waals surface area contributed by atoms with Crippen molar-refractivity contribution < 1.29 is 8.42 Å². The number of rotatable bonds is 5. The van der Waals surface area contributed by atoms with E-state index in [1.807, 2.05) is 0 Å². The summed E-state index contributed by atoms with van der Waals surface area (Å²) >= 11 is 3.25. The lowest BCUT2D eigenvalue weighted by Crippen LogP contribution is -2.29. The minimum Gasteiger partial charge on any atom is -0.372 e. The molecular formula is C12H18BrN3O2S. The van der Waals surface area contributed by atoms with Gasteiger partial charge in [-0.25, -0.2) is 18.1 Å². The number of aromatic nitrogens is 1. The van der Waals surface area contributed by atoms with Crippen molar-refractivity contribution in [2.45, 2.75) is 30.6 Å². The number of anilines is 1. The predicted octanol–water partition coefficient (Wildman–Crippen LogP) is 2.35. The highest BCUT2D eigenvalue weighted by atomic mass is 79.9. The van der Waals surface area contributed by atoms with E-state index in [4.69, 9.17) is 0 Å². The smallest absolute Gasteiger partial charge is 0.244 e. The van der Waals surface area contributed by atoms with Crippen molar-refractivity contribution in [3.05, 3.63) is 16.7 Å². The molecule has 5 nitrogen and oxygen atoms in total. The van der Waals surface area contributed by atoms with Crippen LogP contribution in [-0.4, -0.2) is 27.0 Å². The molecule has 1 aromatic rings. The Kier molecular flexibility index (Phi) is 4.81. The number of hydrogen-bond donors (Lipinski definition) is 2. The molecule has 1 fully saturated rings. The van der Waals surface area contributed by atoms with E-state index in [2.05, 4.69) is 31.0 Å². The van der Waals surface area contributed by atoms with Crippen LogP contribution in [0.25, 0.3) is 0 Å². The summed E-state index contributed by atoms with van der Waals surface area (Å²) in [5, 5.41) is 2.81. The number of hydrogen-bond acceptors (Lipinski definition) is 4. The van der Waals surface area contributed by atoms with Gasteiger partial charge in [-0.05, 0) is 40.8 Å². The van der Waals surface area contributed by atoms with Gasteiger partial charge in [0.05, 0.1) is 0 Å². The average Bonchev–Trinajstić information content (AvgIpc) is 2.89. The van der Waals surface area contributed by atoms with Gasteiger partial charge in [-0.3, -0.25) is 0 Å². The highest BCUT2D eigenvalue weighted by Gasteiger charge is 2.22. The van der Waals surface area contributed by atoms with Crippen molar-refractivity contribution >= 4 is 31.8 Å². The molecule has 1 aromatic heterocycles. The van der Waals surface area contributed by atoms with Crippen LogP contribution < -0.4 is 10.0 Å². The van der Waals surface area contributed by atoms with Crippen molar-refractivity contribution in [2.24, 2.45) is 5.92 Å². The first-order chi connectivity index (χ1) is 9.03. The zero-order valence-corrected chi connectivity index (χ0v) is 13.2. The lowest BCUT2D eigenvalue weighted by atomic mass is 10.1. The molecule has 1 aliphatic rings. The molecule has 19 heavy (non-hydrogen) atoms. The molecule has 2 rings (SSSR count). The molecule has 0 amide bonds. The third-order valence-electron chi connectivity index (χ3n) is 3.38. The summed E-state index contributed by atoms with van der Waals surface area (Å²) in [4.78, 5) is 4.25. The van der Waals surface area contributed by atoms with Gasteiger partial charge in [0.15, 0.2) is 0 Å². The SMILES string of the molecule is CNc1ncc(Br)cc1S(=O)(=O)NCC1CCCC1. The van der Waals surface area contributed by atoms with Crippen LogP contribution in [0.5, 0.6) is 0 Å². The molecule has 1 saturated carbocycles. The molecule has 0 aliphatic heterocycles. The summed E-state index contributed by atoms with van der Waals surface area (Å²) in [7, 11) is -1.86. The van der Waals surface area contributed by atoms with Gasteiger partial charge in [0, 0.05) is 24.3 Å². The molecule has 0 bridgehead atoms. The quantitative estimate of drug-likeness (QED) is 0.857. The second kappa shape index (κ2) is 6.19. The molecule has 0 atom stereocenters. The fraction of sp³-hybridized carbons (Fsp3) is 0.583. The lowest BCUT2D eigenvalue weighted by Gasteiger charge is -2.13. The van der Waals surface area contributed by atoms with E-state index in [0.717, 1.165) is 12.8 Å². The number of nitrogens with one attached hydrogen (secondary N) is 2. The first kappa shape index (κ1) is 14.7. The van der Waals surface area contributed by atoms with Crippen molar-refractivity contribution in [1.29, 1.82) is 0 Å². The molecule has 0 unspecified atom stereocenters. The number of sulfonamides is 1. The van der Waals surface area contributed by atoms with Crippen LogP contribution in [0, 0.1) is 5.92 Å². The number of halogens is 1. The number of pyridine rings is 1. The van der Waals surface area contributed by atoms with Crippen molar-refractivity contribution in [1.82, 2.24) is 9.71 Å². The number of nitrogens with zero attached hydrogens (tertiary/aromatic N) is 1. The monoisotopic (exact) mass is 347 g/mol. The van der Waals surface area contributed by atoms with Crippen molar-refractivity contribution in [3.63, 3.8) is 0 Å². The third kappa shape index (κ3) is 3.67. The summed E-state index contributed by atoms with van der Waals surface area (Å²) in [6.07, 6.45) is 6.19. The Balaban J connectivity index is 2.16. The zero-order chi connectivity index (χ0) is 13.9. The van der Waals surface area contributed by atoms with Crippen LogP contribution in [0.4, 0.5) is 5.82 Å². The summed E-state index contributed by atoms with van der Waals surface area (Å²) in [5.41, 5.74) is 0. The fourth-order valence-electron chi connectivity index (χ4n) is 2.33. The van der Waals surface area contributed by atoms with Gasteiger partial charge in [-0.2, -0.15) is 0 Å². The highest BCUT2D eigenvalue weighted by Crippen LogP contribution is 2.26. The molecule has 0 aromatic carbocycles. The van der Waals surface area contributed by atoms with E-state index in [1.165, 1.54) is 12.8 Å². The Bertz CT molecular complexity index is 542. The van der Waals surface area contributed by atoms with Gasteiger partial charge in [0.1, 0.15) is 10.7 Å². The molecule has 0 saturated heterocycles. The summed E-state index contributed by atoms with van der Waals surface area (Å²) < 4.78 is 28.0. The van der Waals surface area contributed by atoms with E-state index in [0.29, 0.717) is 22.8 Å². The molecular weight excluding hydrogens is 330 g/mol. The molecule has 7 heteroatoms.